The lowest BCUT2D eigenvalue weighted by Gasteiger charge is -2.17. The zero-order valence-electron chi connectivity index (χ0n) is 11.8. The molecule has 2 heterocycles. The van der Waals surface area contributed by atoms with E-state index >= 15 is 0 Å². The van der Waals surface area contributed by atoms with Gasteiger partial charge in [0.1, 0.15) is 0 Å². The summed E-state index contributed by atoms with van der Waals surface area (Å²) in [6, 6.07) is 10.7. The lowest BCUT2D eigenvalue weighted by Crippen LogP contribution is -2.22. The van der Waals surface area contributed by atoms with E-state index in [-0.39, 0.29) is 0 Å². The zero-order chi connectivity index (χ0) is 13.9. The van der Waals surface area contributed by atoms with Gasteiger partial charge in [-0.25, -0.2) is 9.97 Å². The van der Waals surface area contributed by atoms with Gasteiger partial charge >= 0.3 is 0 Å². The first-order chi connectivity index (χ1) is 9.78. The van der Waals surface area contributed by atoms with Gasteiger partial charge in [0, 0.05) is 43.0 Å². The van der Waals surface area contributed by atoms with Gasteiger partial charge in [-0.3, -0.25) is 0 Å². The van der Waals surface area contributed by atoms with Crippen LogP contribution in [0, 0.1) is 6.92 Å². The van der Waals surface area contributed by atoms with Gasteiger partial charge in [-0.05, 0) is 18.9 Å². The number of nitrogens with two attached hydrogens (primary N) is 1. The van der Waals surface area contributed by atoms with Crippen LogP contribution in [0.5, 0.6) is 0 Å². The number of anilines is 1. The van der Waals surface area contributed by atoms with E-state index < -0.39 is 0 Å². The van der Waals surface area contributed by atoms with E-state index in [9.17, 15) is 0 Å². The van der Waals surface area contributed by atoms with E-state index in [0.29, 0.717) is 12.5 Å². The monoisotopic (exact) mass is 268 g/mol. The molecule has 1 aliphatic heterocycles. The first kappa shape index (κ1) is 13.1. The number of hydrogen-bond acceptors (Lipinski definition) is 4. The molecule has 0 aliphatic carbocycles. The van der Waals surface area contributed by atoms with Gasteiger partial charge in [-0.2, -0.15) is 0 Å². The van der Waals surface area contributed by atoms with E-state index in [1.165, 1.54) is 5.56 Å². The Kier molecular flexibility index (Phi) is 3.65. The molecule has 104 valence electrons. The Hall–Kier alpha value is -1.94. The Morgan fingerprint density at radius 1 is 1.30 bits per heavy atom. The minimum absolute atomic E-state index is 0.499. The fourth-order valence-corrected chi connectivity index (χ4v) is 2.77. The van der Waals surface area contributed by atoms with Crippen molar-refractivity contribution < 1.29 is 0 Å². The van der Waals surface area contributed by atoms with Gasteiger partial charge in [0.2, 0.25) is 5.95 Å². The Labute approximate surface area is 119 Å². The lowest BCUT2D eigenvalue weighted by atomic mass is 9.99. The summed E-state index contributed by atoms with van der Waals surface area (Å²) in [6.07, 6.45) is 3.01. The van der Waals surface area contributed by atoms with Crippen LogP contribution in [0.1, 0.15) is 29.2 Å². The molecule has 1 aliphatic rings. The smallest absolute Gasteiger partial charge is 0.225 e. The second-order valence-corrected chi connectivity index (χ2v) is 5.33. The molecule has 1 aromatic heterocycles. The van der Waals surface area contributed by atoms with Crippen LogP contribution < -0.4 is 10.6 Å². The number of aryl methyl sites for hydroxylation is 1. The van der Waals surface area contributed by atoms with Crippen molar-refractivity contribution in [2.24, 2.45) is 5.73 Å². The Morgan fingerprint density at radius 2 is 2.10 bits per heavy atom. The van der Waals surface area contributed by atoms with Crippen LogP contribution in [0.25, 0.3) is 0 Å². The van der Waals surface area contributed by atoms with Crippen LogP contribution in [0.2, 0.25) is 0 Å². The molecule has 1 unspecified atom stereocenters. The molecule has 4 heteroatoms. The third-order valence-corrected chi connectivity index (χ3v) is 4.03. The second-order valence-electron chi connectivity index (χ2n) is 5.33. The Balaban J connectivity index is 1.76. The van der Waals surface area contributed by atoms with E-state index in [2.05, 4.69) is 45.2 Å². The Morgan fingerprint density at radius 3 is 2.80 bits per heavy atom. The van der Waals surface area contributed by atoms with Gasteiger partial charge in [-0.15, -0.1) is 0 Å². The first-order valence-electron chi connectivity index (χ1n) is 7.10. The third-order valence-electron chi connectivity index (χ3n) is 4.03. The van der Waals surface area contributed by atoms with E-state index in [1.54, 1.807) is 0 Å². The van der Waals surface area contributed by atoms with Crippen molar-refractivity contribution in [3.63, 3.8) is 0 Å². The van der Waals surface area contributed by atoms with Gasteiger partial charge in [0.25, 0.3) is 0 Å². The van der Waals surface area contributed by atoms with Gasteiger partial charge < -0.3 is 10.6 Å². The maximum absolute atomic E-state index is 5.66. The maximum atomic E-state index is 5.66. The molecule has 0 spiro atoms. The van der Waals surface area contributed by atoms with Crippen LogP contribution >= 0.6 is 0 Å². The van der Waals surface area contributed by atoms with E-state index in [0.717, 1.165) is 36.7 Å². The van der Waals surface area contributed by atoms with Crippen molar-refractivity contribution in [3.8, 4) is 0 Å². The molecule has 1 fully saturated rings. The highest BCUT2D eigenvalue weighted by Crippen LogP contribution is 2.29. The molecule has 0 saturated carbocycles. The molecule has 4 nitrogen and oxygen atoms in total. The highest BCUT2D eigenvalue weighted by molar-refractivity contribution is 5.37. The molecule has 20 heavy (non-hydrogen) atoms. The molecule has 2 aromatic rings. The fraction of sp³-hybridized carbons (Fsp3) is 0.375. The van der Waals surface area contributed by atoms with Crippen molar-refractivity contribution in [1.82, 2.24) is 9.97 Å². The number of aromatic nitrogens is 2. The highest BCUT2D eigenvalue weighted by Gasteiger charge is 2.25. The molecule has 0 amide bonds. The molecule has 0 bridgehead atoms. The number of benzene rings is 1. The molecular weight excluding hydrogens is 248 g/mol. The van der Waals surface area contributed by atoms with Crippen molar-refractivity contribution in [2.45, 2.75) is 25.8 Å². The van der Waals surface area contributed by atoms with E-state index in [4.69, 9.17) is 5.73 Å². The Bertz CT molecular complexity index is 582. The van der Waals surface area contributed by atoms with E-state index in [1.807, 2.05) is 13.1 Å². The van der Waals surface area contributed by atoms with Crippen molar-refractivity contribution in [1.29, 1.82) is 0 Å². The SMILES string of the molecule is Cc1nc(N2CCC(c3ccccc3)C2)ncc1CN. The third kappa shape index (κ3) is 2.51. The minimum Gasteiger partial charge on any atom is -0.340 e. The highest BCUT2D eigenvalue weighted by atomic mass is 15.3. The molecule has 3 rings (SSSR count). The average molecular weight is 268 g/mol. The average Bonchev–Trinajstić information content (AvgIpc) is 2.98. The summed E-state index contributed by atoms with van der Waals surface area (Å²) in [5, 5.41) is 0. The van der Waals surface area contributed by atoms with Crippen LogP contribution in [0.4, 0.5) is 5.95 Å². The fourth-order valence-electron chi connectivity index (χ4n) is 2.77. The summed E-state index contributed by atoms with van der Waals surface area (Å²) in [5.74, 6) is 1.41. The summed E-state index contributed by atoms with van der Waals surface area (Å²) < 4.78 is 0. The van der Waals surface area contributed by atoms with Crippen molar-refractivity contribution >= 4 is 5.95 Å². The van der Waals surface area contributed by atoms with Crippen LogP contribution in [-0.4, -0.2) is 23.1 Å². The van der Waals surface area contributed by atoms with Crippen LogP contribution in [-0.2, 0) is 6.54 Å². The molecule has 0 radical (unpaired) electrons. The summed E-state index contributed by atoms with van der Waals surface area (Å²) >= 11 is 0. The predicted octanol–water partition coefficient (Wildman–Crippen LogP) is 2.24. The van der Waals surface area contributed by atoms with Crippen LogP contribution in [0.15, 0.2) is 36.5 Å². The summed E-state index contributed by atoms with van der Waals surface area (Å²) in [5.41, 5.74) is 9.07. The predicted molar refractivity (Wildman–Crippen MR) is 80.7 cm³/mol. The molecule has 1 saturated heterocycles. The topological polar surface area (TPSA) is 55.0 Å². The quantitative estimate of drug-likeness (QED) is 0.927. The number of nitrogens with zero attached hydrogens (tertiary/aromatic N) is 3. The summed E-state index contributed by atoms with van der Waals surface area (Å²) in [4.78, 5) is 11.3. The molecule has 1 aromatic carbocycles. The van der Waals surface area contributed by atoms with Gasteiger partial charge in [0.05, 0.1) is 0 Å². The molecule has 1 atom stereocenters. The first-order valence-corrected chi connectivity index (χ1v) is 7.10. The van der Waals surface area contributed by atoms with Crippen LogP contribution in [0.3, 0.4) is 0 Å². The lowest BCUT2D eigenvalue weighted by molar-refractivity contribution is 0.772. The van der Waals surface area contributed by atoms with Gasteiger partial charge in [0.15, 0.2) is 0 Å². The number of rotatable bonds is 3. The van der Waals surface area contributed by atoms with Crippen molar-refractivity contribution in [2.75, 3.05) is 18.0 Å². The van der Waals surface area contributed by atoms with Crippen molar-refractivity contribution in [3.05, 3.63) is 53.3 Å². The molecular formula is C16H20N4. The van der Waals surface area contributed by atoms with Gasteiger partial charge in [-0.1, -0.05) is 30.3 Å². The standard InChI is InChI=1S/C16H20N4/c1-12-15(9-17)10-18-16(19-12)20-8-7-14(11-20)13-5-3-2-4-6-13/h2-6,10,14H,7-9,11,17H2,1H3. The summed E-state index contributed by atoms with van der Waals surface area (Å²) in [6.45, 7) is 4.50. The normalized spacial score (nSPS) is 18.5. The largest absolute Gasteiger partial charge is 0.340 e. The maximum Gasteiger partial charge on any atom is 0.225 e. The summed E-state index contributed by atoms with van der Waals surface area (Å²) in [7, 11) is 0. The number of hydrogen-bond donors (Lipinski definition) is 1. The zero-order valence-corrected chi connectivity index (χ0v) is 11.8. The minimum atomic E-state index is 0.499. The molecule has 2 N–H and O–H groups in total. The second kappa shape index (κ2) is 5.59.